The van der Waals surface area contributed by atoms with Crippen LogP contribution in [0.4, 0.5) is 0 Å². The third-order valence-corrected chi connectivity index (χ3v) is 5.84. The molecule has 0 saturated carbocycles. The maximum absolute atomic E-state index is 12.8. The number of rotatable bonds is 7. The van der Waals surface area contributed by atoms with E-state index in [0.717, 1.165) is 5.56 Å². The van der Waals surface area contributed by atoms with Gasteiger partial charge < -0.3 is 28.6 Å². The summed E-state index contributed by atoms with van der Waals surface area (Å²) in [5.41, 5.74) is 1.48. The summed E-state index contributed by atoms with van der Waals surface area (Å²) in [6, 6.07) is 12.7. The molecule has 1 amide bonds. The van der Waals surface area contributed by atoms with E-state index < -0.39 is 0 Å². The molecule has 4 rings (SSSR count). The zero-order chi connectivity index (χ0) is 24.6. The molecule has 2 aromatic carbocycles. The Balaban J connectivity index is 1.34. The molecule has 2 aliphatic heterocycles. The number of morpholine rings is 1. The molecule has 2 heterocycles. The number of amides is 1. The number of ether oxygens (including phenoxy) is 5. The Bertz CT molecular complexity index is 1100. The van der Waals surface area contributed by atoms with Crippen molar-refractivity contribution in [2.45, 2.75) is 25.4 Å². The van der Waals surface area contributed by atoms with Crippen LogP contribution in [0.5, 0.6) is 17.2 Å². The first-order chi connectivity index (χ1) is 17.1. The van der Waals surface area contributed by atoms with Gasteiger partial charge in [0, 0.05) is 18.7 Å². The van der Waals surface area contributed by atoms with Crippen molar-refractivity contribution in [2.75, 3.05) is 46.6 Å². The van der Waals surface area contributed by atoms with E-state index in [4.69, 9.17) is 23.7 Å². The van der Waals surface area contributed by atoms with Gasteiger partial charge in [-0.1, -0.05) is 18.1 Å². The van der Waals surface area contributed by atoms with Crippen molar-refractivity contribution >= 4 is 11.9 Å². The van der Waals surface area contributed by atoms with E-state index in [9.17, 15) is 9.59 Å². The van der Waals surface area contributed by atoms with Crippen molar-refractivity contribution in [1.82, 2.24) is 4.90 Å². The number of esters is 1. The first kappa shape index (κ1) is 24.4. The maximum Gasteiger partial charge on any atom is 0.307 e. The number of carbonyl (C=O) groups excluding carboxylic acids is 2. The molecule has 0 unspecified atom stereocenters. The molecule has 2 aromatic rings. The molecule has 8 heteroatoms. The van der Waals surface area contributed by atoms with E-state index in [1.165, 1.54) is 7.11 Å². The van der Waals surface area contributed by atoms with Crippen LogP contribution in [0.25, 0.3) is 0 Å². The van der Waals surface area contributed by atoms with E-state index in [0.29, 0.717) is 55.7 Å². The molecule has 2 atom stereocenters. The lowest BCUT2D eigenvalue weighted by Crippen LogP contribution is -2.40. The minimum Gasteiger partial charge on any atom is -0.490 e. The molecule has 0 bridgehead atoms. The van der Waals surface area contributed by atoms with E-state index in [-0.39, 0.29) is 36.9 Å². The average Bonchev–Trinajstić information content (AvgIpc) is 2.91. The zero-order valence-electron chi connectivity index (χ0n) is 20.0. The Hall–Kier alpha value is -3.70. The first-order valence-electron chi connectivity index (χ1n) is 11.6. The third-order valence-electron chi connectivity index (χ3n) is 5.84. The number of hydrogen-bond acceptors (Lipinski definition) is 7. The molecule has 2 aliphatic rings. The summed E-state index contributed by atoms with van der Waals surface area (Å²) < 4.78 is 27.9. The Kier molecular flexibility index (Phi) is 8.11. The van der Waals surface area contributed by atoms with Gasteiger partial charge in [-0.05, 0) is 42.8 Å². The Morgan fingerprint density at radius 2 is 1.89 bits per heavy atom. The minimum absolute atomic E-state index is 0.0450. The van der Waals surface area contributed by atoms with E-state index >= 15 is 0 Å². The second kappa shape index (κ2) is 11.6. The Morgan fingerprint density at radius 3 is 2.60 bits per heavy atom. The van der Waals surface area contributed by atoms with Crippen molar-refractivity contribution < 1.29 is 33.3 Å². The SMILES string of the molecule is CC#C[C@@H](CC(=O)OC)c1ccc(OC[C@H]2COc3ccc(C(=O)N4CCOCC4)cc3O2)cc1. The lowest BCUT2D eigenvalue weighted by molar-refractivity contribution is -0.140. The van der Waals surface area contributed by atoms with Crippen LogP contribution >= 0.6 is 0 Å². The summed E-state index contributed by atoms with van der Waals surface area (Å²) in [6.45, 7) is 4.63. The fourth-order valence-electron chi connectivity index (χ4n) is 3.94. The predicted molar refractivity (Wildman–Crippen MR) is 128 cm³/mol. The molecule has 8 nitrogen and oxygen atoms in total. The quantitative estimate of drug-likeness (QED) is 0.446. The second-order valence-corrected chi connectivity index (χ2v) is 8.22. The monoisotopic (exact) mass is 479 g/mol. The van der Waals surface area contributed by atoms with Crippen LogP contribution in [-0.2, 0) is 14.3 Å². The fourth-order valence-corrected chi connectivity index (χ4v) is 3.94. The van der Waals surface area contributed by atoms with Crippen LogP contribution in [-0.4, -0.2) is 69.5 Å². The van der Waals surface area contributed by atoms with Crippen molar-refractivity contribution in [2.24, 2.45) is 0 Å². The second-order valence-electron chi connectivity index (χ2n) is 8.22. The van der Waals surface area contributed by atoms with Crippen LogP contribution < -0.4 is 14.2 Å². The molecule has 35 heavy (non-hydrogen) atoms. The van der Waals surface area contributed by atoms with Gasteiger partial charge in [0.15, 0.2) is 17.6 Å². The molecule has 0 N–H and O–H groups in total. The van der Waals surface area contributed by atoms with Gasteiger partial charge in [0.05, 0.1) is 32.7 Å². The highest BCUT2D eigenvalue weighted by Gasteiger charge is 2.25. The largest absolute Gasteiger partial charge is 0.490 e. The lowest BCUT2D eigenvalue weighted by atomic mass is 9.96. The molecule has 0 aromatic heterocycles. The summed E-state index contributed by atoms with van der Waals surface area (Å²) in [5.74, 6) is 7.14. The number of methoxy groups -OCH3 is 1. The first-order valence-corrected chi connectivity index (χ1v) is 11.6. The molecule has 1 fully saturated rings. The van der Waals surface area contributed by atoms with Crippen molar-refractivity contribution in [3.63, 3.8) is 0 Å². The molecule has 0 spiro atoms. The van der Waals surface area contributed by atoms with Crippen LogP contribution in [0.3, 0.4) is 0 Å². The highest BCUT2D eigenvalue weighted by molar-refractivity contribution is 5.95. The topological polar surface area (TPSA) is 83.5 Å². The van der Waals surface area contributed by atoms with E-state index in [2.05, 4.69) is 11.8 Å². The summed E-state index contributed by atoms with van der Waals surface area (Å²) in [6.07, 6.45) is -0.130. The number of hydrogen-bond donors (Lipinski definition) is 0. The molecule has 184 valence electrons. The van der Waals surface area contributed by atoms with Crippen LogP contribution in [0, 0.1) is 11.8 Å². The van der Waals surface area contributed by atoms with Gasteiger partial charge in [-0.2, -0.15) is 0 Å². The molecular weight excluding hydrogens is 450 g/mol. The lowest BCUT2D eigenvalue weighted by Gasteiger charge is -2.29. The molecule has 1 saturated heterocycles. The number of carbonyl (C=O) groups is 2. The molecular formula is C27H29NO7. The van der Waals surface area contributed by atoms with Gasteiger partial charge in [-0.15, -0.1) is 5.92 Å². The van der Waals surface area contributed by atoms with Crippen molar-refractivity contribution in [3.05, 3.63) is 53.6 Å². The van der Waals surface area contributed by atoms with Crippen molar-refractivity contribution in [1.29, 1.82) is 0 Å². The summed E-state index contributed by atoms with van der Waals surface area (Å²) in [7, 11) is 1.37. The number of nitrogens with zero attached hydrogens (tertiary/aromatic N) is 1. The zero-order valence-corrected chi connectivity index (χ0v) is 20.0. The number of benzene rings is 2. The van der Waals surface area contributed by atoms with Crippen LogP contribution in [0.2, 0.25) is 0 Å². The van der Waals surface area contributed by atoms with Gasteiger partial charge in [0.1, 0.15) is 19.0 Å². The molecule has 0 aliphatic carbocycles. The summed E-state index contributed by atoms with van der Waals surface area (Å²) in [4.78, 5) is 26.2. The third kappa shape index (κ3) is 6.25. The van der Waals surface area contributed by atoms with Crippen LogP contribution in [0.15, 0.2) is 42.5 Å². The average molecular weight is 480 g/mol. The number of fused-ring (bicyclic) bond motifs is 1. The van der Waals surface area contributed by atoms with Gasteiger partial charge in [-0.25, -0.2) is 0 Å². The van der Waals surface area contributed by atoms with Gasteiger partial charge in [0.2, 0.25) is 0 Å². The fraction of sp³-hybridized carbons (Fsp3) is 0.407. The van der Waals surface area contributed by atoms with Gasteiger partial charge >= 0.3 is 5.97 Å². The van der Waals surface area contributed by atoms with Gasteiger partial charge in [-0.3, -0.25) is 9.59 Å². The van der Waals surface area contributed by atoms with Crippen LogP contribution in [0.1, 0.15) is 35.2 Å². The smallest absolute Gasteiger partial charge is 0.307 e. The van der Waals surface area contributed by atoms with E-state index in [1.807, 2.05) is 24.3 Å². The summed E-state index contributed by atoms with van der Waals surface area (Å²) >= 11 is 0. The predicted octanol–water partition coefficient (Wildman–Crippen LogP) is 3.05. The van der Waals surface area contributed by atoms with Crippen molar-refractivity contribution in [3.8, 4) is 29.1 Å². The normalized spacial score (nSPS) is 17.5. The highest BCUT2D eigenvalue weighted by atomic mass is 16.6. The van der Waals surface area contributed by atoms with Gasteiger partial charge in [0.25, 0.3) is 5.91 Å². The Morgan fingerprint density at radius 1 is 1.11 bits per heavy atom. The Labute approximate surface area is 205 Å². The standard InChI is InChI=1S/C27H29NO7/c1-3-4-20(16-26(29)31-2)19-5-8-22(9-6-19)33-17-23-18-34-24-10-7-21(15-25(24)35-23)27(30)28-11-13-32-14-12-28/h5-10,15,20,23H,11-14,16-18H2,1-2H3/t20-,23-/m0/s1. The highest BCUT2D eigenvalue weighted by Crippen LogP contribution is 2.33. The minimum atomic E-state index is -0.325. The summed E-state index contributed by atoms with van der Waals surface area (Å²) in [5, 5.41) is 0. The van der Waals surface area contributed by atoms with E-state index in [1.54, 1.807) is 30.0 Å². The maximum atomic E-state index is 12.8. The molecule has 0 radical (unpaired) electrons.